The lowest BCUT2D eigenvalue weighted by Crippen LogP contribution is -2.04. The molecule has 0 aliphatic rings. The Morgan fingerprint density at radius 2 is 2.36 bits per heavy atom. The van der Waals surface area contributed by atoms with Gasteiger partial charge in [-0.05, 0) is 22.6 Å². The van der Waals surface area contributed by atoms with Crippen LogP contribution in [0.3, 0.4) is 0 Å². The van der Waals surface area contributed by atoms with Gasteiger partial charge in [0.15, 0.2) is 5.82 Å². The Labute approximate surface area is 93.3 Å². The molecule has 0 bridgehead atoms. The largest absolute Gasteiger partial charge is 0.362 e. The predicted octanol–water partition coefficient (Wildman–Crippen LogP) is 1.08. The van der Waals surface area contributed by atoms with Crippen molar-refractivity contribution >= 4 is 28.4 Å². The van der Waals surface area contributed by atoms with Crippen molar-refractivity contribution in [1.29, 1.82) is 0 Å². The molecule has 2 heterocycles. The van der Waals surface area contributed by atoms with E-state index in [9.17, 15) is 0 Å². The van der Waals surface area contributed by atoms with Crippen molar-refractivity contribution in [3.8, 4) is 0 Å². The Kier molecular flexibility index (Phi) is 2.87. The van der Waals surface area contributed by atoms with Gasteiger partial charge in [0, 0.05) is 6.20 Å². The first kappa shape index (κ1) is 9.31. The van der Waals surface area contributed by atoms with Crippen molar-refractivity contribution in [2.45, 2.75) is 6.54 Å². The summed E-state index contributed by atoms with van der Waals surface area (Å²) in [6.45, 7) is 0.490. The molecule has 0 radical (unpaired) electrons. The maximum Gasteiger partial charge on any atom is 0.213 e. The van der Waals surface area contributed by atoms with E-state index in [0.717, 1.165) is 9.39 Å². The maximum atomic E-state index is 4.60. The summed E-state index contributed by atoms with van der Waals surface area (Å²) < 4.78 is 5.55. The highest BCUT2D eigenvalue weighted by Gasteiger charge is 2.02. The third-order valence-electron chi connectivity index (χ3n) is 1.49. The van der Waals surface area contributed by atoms with Crippen molar-refractivity contribution in [2.24, 2.45) is 0 Å². The van der Waals surface area contributed by atoms with E-state index in [0.29, 0.717) is 12.4 Å². The van der Waals surface area contributed by atoms with Crippen LogP contribution in [0.5, 0.6) is 0 Å². The molecule has 0 fully saturated rings. The number of hydrogen-bond donors (Lipinski definition) is 1. The van der Waals surface area contributed by atoms with Crippen molar-refractivity contribution in [2.75, 3.05) is 5.32 Å². The molecule has 72 valence electrons. The first-order valence-corrected chi connectivity index (χ1v) is 4.89. The summed E-state index contributed by atoms with van der Waals surface area (Å²) in [5.41, 5.74) is 0. The molecule has 0 unspecified atom stereocenters. The molecular formula is C7H6IN5O. The van der Waals surface area contributed by atoms with Gasteiger partial charge in [-0.3, -0.25) is 0 Å². The van der Waals surface area contributed by atoms with Crippen LogP contribution < -0.4 is 5.32 Å². The highest BCUT2D eigenvalue weighted by Crippen LogP contribution is 2.12. The van der Waals surface area contributed by atoms with Gasteiger partial charge in [0.1, 0.15) is 12.1 Å². The SMILES string of the molecule is Ic1cncnc1NCc1ncon1. The lowest BCUT2D eigenvalue weighted by molar-refractivity contribution is 0.411. The zero-order valence-corrected chi connectivity index (χ0v) is 9.17. The first-order chi connectivity index (χ1) is 6.86. The summed E-state index contributed by atoms with van der Waals surface area (Å²) in [4.78, 5) is 11.8. The minimum absolute atomic E-state index is 0.490. The number of nitrogens with zero attached hydrogens (tertiary/aromatic N) is 4. The molecule has 6 nitrogen and oxygen atoms in total. The zero-order valence-electron chi connectivity index (χ0n) is 7.01. The van der Waals surface area contributed by atoms with Gasteiger partial charge in [-0.25, -0.2) is 9.97 Å². The normalized spacial score (nSPS) is 10.1. The molecule has 0 atom stereocenters. The van der Waals surface area contributed by atoms with E-state index in [2.05, 4.69) is 52.5 Å². The highest BCUT2D eigenvalue weighted by atomic mass is 127. The fraction of sp³-hybridized carbons (Fsp3) is 0.143. The van der Waals surface area contributed by atoms with Crippen LogP contribution in [0.25, 0.3) is 0 Å². The van der Waals surface area contributed by atoms with Gasteiger partial charge in [0.25, 0.3) is 0 Å². The average molecular weight is 303 g/mol. The molecule has 1 N–H and O–H groups in total. The summed E-state index contributed by atoms with van der Waals surface area (Å²) in [5.74, 6) is 1.37. The minimum atomic E-state index is 0.490. The number of rotatable bonds is 3. The summed E-state index contributed by atoms with van der Waals surface area (Å²) in [6.07, 6.45) is 4.51. The van der Waals surface area contributed by atoms with E-state index in [4.69, 9.17) is 0 Å². The number of hydrogen-bond acceptors (Lipinski definition) is 6. The number of nitrogens with one attached hydrogen (secondary N) is 1. The number of anilines is 1. The van der Waals surface area contributed by atoms with E-state index in [1.807, 2.05) is 0 Å². The van der Waals surface area contributed by atoms with Gasteiger partial charge in [-0.1, -0.05) is 5.16 Å². The molecule has 0 aliphatic carbocycles. The smallest absolute Gasteiger partial charge is 0.213 e. The molecule has 0 saturated carbocycles. The molecular weight excluding hydrogens is 297 g/mol. The van der Waals surface area contributed by atoms with Crippen molar-refractivity contribution in [1.82, 2.24) is 20.1 Å². The molecule has 0 aliphatic heterocycles. The third kappa shape index (κ3) is 2.16. The van der Waals surface area contributed by atoms with Gasteiger partial charge in [-0.15, -0.1) is 0 Å². The lowest BCUT2D eigenvalue weighted by Gasteiger charge is -2.02. The number of halogens is 1. The standard InChI is InChI=1S/C7H6IN5O/c8-5-1-9-3-11-7(5)10-2-6-12-4-14-13-6/h1,3-4H,2H2,(H,9,10,11). The molecule has 2 aromatic heterocycles. The minimum Gasteiger partial charge on any atom is -0.362 e. The van der Waals surface area contributed by atoms with Gasteiger partial charge < -0.3 is 9.84 Å². The van der Waals surface area contributed by atoms with Crippen LogP contribution in [0.4, 0.5) is 5.82 Å². The van der Waals surface area contributed by atoms with E-state index in [1.165, 1.54) is 12.7 Å². The molecule has 2 aromatic rings. The Bertz CT molecular complexity index is 404. The number of aromatic nitrogens is 4. The molecule has 0 aromatic carbocycles. The Morgan fingerprint density at radius 3 is 3.07 bits per heavy atom. The molecule has 0 amide bonds. The average Bonchev–Trinajstić information content (AvgIpc) is 2.69. The van der Waals surface area contributed by atoms with E-state index < -0.39 is 0 Å². The molecule has 0 saturated heterocycles. The van der Waals surface area contributed by atoms with Gasteiger partial charge in [0.05, 0.1) is 10.1 Å². The molecule has 14 heavy (non-hydrogen) atoms. The first-order valence-electron chi connectivity index (χ1n) is 3.81. The summed E-state index contributed by atoms with van der Waals surface area (Å²) >= 11 is 2.15. The second kappa shape index (κ2) is 4.31. The van der Waals surface area contributed by atoms with Gasteiger partial charge in [0.2, 0.25) is 6.39 Å². The molecule has 0 spiro atoms. The fourth-order valence-corrected chi connectivity index (χ4v) is 1.37. The predicted molar refractivity (Wildman–Crippen MR) is 56.4 cm³/mol. The summed E-state index contributed by atoms with van der Waals surface area (Å²) in [5, 5.41) is 6.74. The topological polar surface area (TPSA) is 76.7 Å². The van der Waals surface area contributed by atoms with Crippen LogP contribution in [-0.4, -0.2) is 20.1 Å². The van der Waals surface area contributed by atoms with Crippen molar-refractivity contribution in [3.05, 3.63) is 28.3 Å². The van der Waals surface area contributed by atoms with Crippen LogP contribution in [0.1, 0.15) is 5.82 Å². The van der Waals surface area contributed by atoms with Crippen molar-refractivity contribution < 1.29 is 4.52 Å². The van der Waals surface area contributed by atoms with Crippen LogP contribution in [-0.2, 0) is 6.54 Å². The van der Waals surface area contributed by atoms with Gasteiger partial charge in [-0.2, -0.15) is 4.98 Å². The zero-order chi connectivity index (χ0) is 9.80. The van der Waals surface area contributed by atoms with Crippen LogP contribution >= 0.6 is 22.6 Å². The monoisotopic (exact) mass is 303 g/mol. The van der Waals surface area contributed by atoms with Crippen LogP contribution in [0, 0.1) is 3.57 Å². The van der Waals surface area contributed by atoms with Gasteiger partial charge >= 0.3 is 0 Å². The summed E-state index contributed by atoms with van der Waals surface area (Å²) in [6, 6.07) is 0. The summed E-state index contributed by atoms with van der Waals surface area (Å²) in [7, 11) is 0. The Morgan fingerprint density at radius 1 is 1.43 bits per heavy atom. The molecule has 2 rings (SSSR count). The van der Waals surface area contributed by atoms with E-state index in [-0.39, 0.29) is 0 Å². The Hall–Kier alpha value is -1.25. The highest BCUT2D eigenvalue weighted by molar-refractivity contribution is 14.1. The quantitative estimate of drug-likeness (QED) is 0.855. The lowest BCUT2D eigenvalue weighted by atomic mass is 10.5. The second-order valence-electron chi connectivity index (χ2n) is 2.42. The third-order valence-corrected chi connectivity index (χ3v) is 2.28. The second-order valence-corrected chi connectivity index (χ2v) is 3.58. The van der Waals surface area contributed by atoms with Crippen LogP contribution in [0.15, 0.2) is 23.4 Å². The Balaban J connectivity index is 2.02. The van der Waals surface area contributed by atoms with Crippen molar-refractivity contribution in [3.63, 3.8) is 0 Å². The van der Waals surface area contributed by atoms with E-state index >= 15 is 0 Å². The fourth-order valence-electron chi connectivity index (χ4n) is 0.876. The molecule has 7 heteroatoms. The maximum absolute atomic E-state index is 4.60. The van der Waals surface area contributed by atoms with Crippen LogP contribution in [0.2, 0.25) is 0 Å². The van der Waals surface area contributed by atoms with E-state index in [1.54, 1.807) is 6.20 Å².